The molecule has 1 N–H and O–H groups in total. The maximum absolute atomic E-state index is 13.2. The summed E-state index contributed by atoms with van der Waals surface area (Å²) in [6.45, 7) is 3.38. The number of carbonyl (C=O) groups excluding carboxylic acids is 1. The van der Waals surface area contributed by atoms with Gasteiger partial charge in [0.2, 0.25) is 5.91 Å². The molecule has 2 aliphatic carbocycles. The van der Waals surface area contributed by atoms with E-state index in [9.17, 15) is 10.1 Å². The number of fused-ring (bicyclic) bond motifs is 2. The molecule has 0 unspecified atom stereocenters. The zero-order chi connectivity index (χ0) is 32.8. The second-order valence-electron chi connectivity index (χ2n) is 13.5. The van der Waals surface area contributed by atoms with Crippen molar-refractivity contribution >= 4 is 29.0 Å². The van der Waals surface area contributed by atoms with E-state index in [0.717, 1.165) is 56.1 Å². The van der Waals surface area contributed by atoms with Crippen LogP contribution in [0.3, 0.4) is 0 Å². The van der Waals surface area contributed by atoms with Crippen molar-refractivity contribution in [2.75, 3.05) is 44.7 Å². The quantitative estimate of drug-likeness (QED) is 0.315. The monoisotopic (exact) mass is 638 g/mol. The number of rotatable bonds is 9. The molecule has 248 valence electrons. The van der Waals surface area contributed by atoms with Crippen LogP contribution in [0, 0.1) is 17.2 Å². The van der Waals surface area contributed by atoms with Crippen LogP contribution in [0.15, 0.2) is 42.5 Å². The molecule has 2 aromatic carbocycles. The summed E-state index contributed by atoms with van der Waals surface area (Å²) in [7, 11) is 2.16. The first-order valence-electron chi connectivity index (χ1n) is 17.2. The first-order chi connectivity index (χ1) is 23.0. The van der Waals surface area contributed by atoms with Crippen LogP contribution in [0.1, 0.15) is 74.1 Å². The zero-order valence-corrected chi connectivity index (χ0v) is 27.4. The molecule has 2 saturated heterocycles. The van der Waals surface area contributed by atoms with Gasteiger partial charge in [0, 0.05) is 37.7 Å². The predicted octanol–water partition coefficient (Wildman–Crippen LogP) is 5.20. The molecule has 4 aliphatic rings. The molecule has 0 spiro atoms. The fraction of sp³-hybridized carbons (Fsp3) is 0.541. The lowest BCUT2D eigenvalue weighted by Crippen LogP contribution is -2.55. The number of likely N-dealkylation sites (tertiary alicyclic amines) is 1. The lowest BCUT2D eigenvalue weighted by molar-refractivity contribution is -0.134. The Morgan fingerprint density at radius 2 is 1.87 bits per heavy atom. The van der Waals surface area contributed by atoms with Crippen LogP contribution in [-0.4, -0.2) is 89.2 Å². The lowest BCUT2D eigenvalue weighted by atomic mass is 9.80. The number of aromatic nitrogens is 2. The van der Waals surface area contributed by atoms with E-state index in [4.69, 9.17) is 24.6 Å². The Balaban J connectivity index is 0.00000124. The number of benzene rings is 2. The number of piperazine rings is 1. The van der Waals surface area contributed by atoms with Crippen molar-refractivity contribution in [1.29, 1.82) is 5.26 Å². The van der Waals surface area contributed by atoms with Gasteiger partial charge in [-0.25, -0.2) is 0 Å². The normalized spacial score (nSPS) is 22.6. The molecule has 3 atom stereocenters. The van der Waals surface area contributed by atoms with Gasteiger partial charge < -0.3 is 24.5 Å². The largest absolute Gasteiger partial charge is 0.483 e. The number of carbonyl (C=O) groups is 2. The molecule has 3 fully saturated rings. The highest BCUT2D eigenvalue weighted by molar-refractivity contribution is 5.86. The van der Waals surface area contributed by atoms with Crippen molar-refractivity contribution in [2.24, 2.45) is 5.92 Å². The summed E-state index contributed by atoms with van der Waals surface area (Å²) in [6, 6.07) is 18.4. The van der Waals surface area contributed by atoms with Gasteiger partial charge in [-0.1, -0.05) is 55.3 Å². The summed E-state index contributed by atoms with van der Waals surface area (Å²) in [6.07, 6.45) is 9.51. The van der Waals surface area contributed by atoms with Crippen LogP contribution in [0.25, 0.3) is 10.8 Å². The number of ether oxygens (including phenoxy) is 1. The molecule has 1 amide bonds. The Hall–Kier alpha value is -4.23. The molecule has 0 bridgehead atoms. The van der Waals surface area contributed by atoms with E-state index >= 15 is 0 Å². The van der Waals surface area contributed by atoms with Crippen LogP contribution in [0.5, 0.6) is 6.01 Å². The third kappa shape index (κ3) is 7.68. The molecule has 1 aromatic heterocycles. The molecule has 1 saturated carbocycles. The smallest absolute Gasteiger partial charge is 0.318 e. The Bertz CT molecular complexity index is 1600. The summed E-state index contributed by atoms with van der Waals surface area (Å²) in [4.78, 5) is 38.3. The summed E-state index contributed by atoms with van der Waals surface area (Å²) in [5, 5.41) is 19.2. The maximum atomic E-state index is 13.2. The third-order valence-corrected chi connectivity index (χ3v) is 10.5. The molecule has 2 aliphatic heterocycles. The van der Waals surface area contributed by atoms with E-state index in [1.165, 1.54) is 41.2 Å². The van der Waals surface area contributed by atoms with E-state index in [1.807, 2.05) is 4.90 Å². The van der Waals surface area contributed by atoms with Crippen LogP contribution in [0.4, 0.5) is 5.82 Å². The van der Waals surface area contributed by atoms with Gasteiger partial charge in [0.05, 0.1) is 24.2 Å². The minimum atomic E-state index is -0.250. The lowest BCUT2D eigenvalue weighted by Gasteiger charge is -2.42. The number of nitriles is 1. The number of hydrogen-bond acceptors (Lipinski definition) is 8. The second kappa shape index (κ2) is 15.1. The Morgan fingerprint density at radius 1 is 1.06 bits per heavy atom. The molecule has 7 rings (SSSR count). The van der Waals surface area contributed by atoms with E-state index in [2.05, 4.69) is 65.4 Å². The average molecular weight is 639 g/mol. The molecular weight excluding hydrogens is 592 g/mol. The van der Waals surface area contributed by atoms with Crippen LogP contribution < -0.4 is 9.64 Å². The van der Waals surface area contributed by atoms with E-state index in [1.54, 1.807) is 0 Å². The third-order valence-electron chi connectivity index (χ3n) is 10.5. The highest BCUT2D eigenvalue weighted by Gasteiger charge is 2.35. The minimum absolute atomic E-state index is 0.130. The molecular formula is C37H46N6O4. The second-order valence-corrected chi connectivity index (χ2v) is 13.5. The van der Waals surface area contributed by atoms with Crippen molar-refractivity contribution in [2.45, 2.75) is 82.2 Å². The van der Waals surface area contributed by atoms with Gasteiger partial charge in [-0.05, 0) is 80.3 Å². The van der Waals surface area contributed by atoms with Gasteiger partial charge in [-0.3, -0.25) is 9.59 Å². The number of nitrogens with zero attached hydrogens (tertiary/aromatic N) is 6. The number of anilines is 1. The van der Waals surface area contributed by atoms with Crippen LogP contribution in [-0.2, 0) is 22.4 Å². The summed E-state index contributed by atoms with van der Waals surface area (Å²) in [5.41, 5.74) is 3.67. The molecule has 0 radical (unpaired) electrons. The fourth-order valence-electron chi connectivity index (χ4n) is 7.67. The van der Waals surface area contributed by atoms with Gasteiger partial charge in [-0.15, -0.1) is 0 Å². The van der Waals surface area contributed by atoms with Crippen molar-refractivity contribution in [3.05, 3.63) is 59.3 Å². The van der Waals surface area contributed by atoms with Gasteiger partial charge in [-0.2, -0.15) is 15.2 Å². The molecule has 10 nitrogen and oxygen atoms in total. The van der Waals surface area contributed by atoms with E-state index in [-0.39, 0.29) is 18.4 Å². The van der Waals surface area contributed by atoms with Crippen molar-refractivity contribution in [3.8, 4) is 12.1 Å². The van der Waals surface area contributed by atoms with Crippen molar-refractivity contribution in [3.63, 3.8) is 0 Å². The topological polar surface area (TPSA) is 123 Å². The Labute approximate surface area is 277 Å². The number of carboxylic acid groups (broad SMARTS) is 1. The van der Waals surface area contributed by atoms with Crippen molar-refractivity contribution in [1.82, 2.24) is 19.8 Å². The summed E-state index contributed by atoms with van der Waals surface area (Å²) in [5.74, 6) is 2.23. The van der Waals surface area contributed by atoms with Crippen molar-refractivity contribution < 1.29 is 19.4 Å². The number of hydrogen-bond donors (Lipinski definition) is 1. The zero-order valence-electron chi connectivity index (χ0n) is 27.4. The highest BCUT2D eigenvalue weighted by Crippen LogP contribution is 2.40. The summed E-state index contributed by atoms with van der Waals surface area (Å²) >= 11 is 0. The highest BCUT2D eigenvalue weighted by atomic mass is 16.5. The Morgan fingerprint density at radius 3 is 2.64 bits per heavy atom. The average Bonchev–Trinajstić information content (AvgIpc) is 3.84. The van der Waals surface area contributed by atoms with Crippen LogP contribution >= 0.6 is 0 Å². The number of likely N-dealkylation sites (N-methyl/N-ethyl adjacent to an activating group) is 1. The van der Waals surface area contributed by atoms with Gasteiger partial charge in [0.25, 0.3) is 6.47 Å². The SMILES string of the molecule is CN1CCC[C@H]1COc1nc2c(c(N3CCN(C(=O)CCC4CC4)[C@@H](CC#N)C3)n1)CC[C@H](c1cccc3ccccc13)C2.O=CO. The van der Waals surface area contributed by atoms with Crippen LogP contribution in [0.2, 0.25) is 0 Å². The van der Waals surface area contributed by atoms with E-state index in [0.29, 0.717) is 57.1 Å². The number of amides is 1. The van der Waals surface area contributed by atoms with E-state index < -0.39 is 0 Å². The van der Waals surface area contributed by atoms with Gasteiger partial charge in [0.15, 0.2) is 0 Å². The van der Waals surface area contributed by atoms with Gasteiger partial charge >= 0.3 is 6.01 Å². The molecule has 10 heteroatoms. The fourth-order valence-corrected chi connectivity index (χ4v) is 7.67. The van der Waals surface area contributed by atoms with Gasteiger partial charge in [0.1, 0.15) is 12.4 Å². The maximum Gasteiger partial charge on any atom is 0.318 e. The predicted molar refractivity (Wildman–Crippen MR) is 180 cm³/mol. The molecule has 47 heavy (non-hydrogen) atoms. The Kier molecular flexibility index (Phi) is 10.5. The first kappa shape index (κ1) is 32.7. The summed E-state index contributed by atoms with van der Waals surface area (Å²) < 4.78 is 6.36. The molecule has 3 aromatic rings. The standard InChI is InChI=1S/C36H44N6O2.CH2O2/c1-40-19-5-8-29(40)24-44-36-38-33-22-27(31-10-4-7-26-6-2-3-9-30(26)31)14-15-32(33)35(39-36)41-20-21-42(28(23-41)17-18-37)34(43)16-13-25-11-12-25;2-1-3/h2-4,6-7,9-10,25,27-29H,5,8,11-17,19-24H2,1H3;1H,(H,2,3)/t27-,28-,29-;/m0./s1. The first-order valence-corrected chi connectivity index (χ1v) is 17.2. The molecule has 3 heterocycles. The minimum Gasteiger partial charge on any atom is -0.483 e.